The highest BCUT2D eigenvalue weighted by atomic mass is 16.2. The zero-order chi connectivity index (χ0) is 16.4. The molecule has 0 N–H and O–H groups in total. The average molecular weight is 320 g/mol. The summed E-state index contributed by atoms with van der Waals surface area (Å²) in [6.45, 7) is 3.62. The van der Waals surface area contributed by atoms with Crippen molar-refractivity contribution in [1.29, 1.82) is 0 Å². The predicted molar refractivity (Wildman–Crippen MR) is 88.4 cm³/mol. The molecule has 0 bridgehead atoms. The lowest BCUT2D eigenvalue weighted by molar-refractivity contribution is -0.132. The molecule has 1 aliphatic heterocycles. The van der Waals surface area contributed by atoms with Gasteiger partial charge in [0.25, 0.3) is 0 Å². The Balaban J connectivity index is 1.74. The molecular formula is C17H28N4O2. The second kappa shape index (κ2) is 6.89. The maximum absolute atomic E-state index is 12.5. The summed E-state index contributed by atoms with van der Waals surface area (Å²) in [4.78, 5) is 26.5. The van der Waals surface area contributed by atoms with Gasteiger partial charge in [0.15, 0.2) is 0 Å². The molecule has 0 atom stereocenters. The lowest BCUT2D eigenvalue weighted by Gasteiger charge is -2.32. The highest BCUT2D eigenvalue weighted by molar-refractivity contribution is 5.76. The molecule has 1 aromatic rings. The molecule has 1 aromatic heterocycles. The van der Waals surface area contributed by atoms with Crippen LogP contribution in [0.2, 0.25) is 0 Å². The van der Waals surface area contributed by atoms with Gasteiger partial charge in [0.1, 0.15) is 5.82 Å². The van der Waals surface area contributed by atoms with Crippen LogP contribution >= 0.6 is 0 Å². The Hall–Kier alpha value is -1.59. The van der Waals surface area contributed by atoms with E-state index in [1.54, 1.807) is 7.05 Å². The number of hydrogen-bond donors (Lipinski definition) is 0. The van der Waals surface area contributed by atoms with E-state index in [1.165, 1.54) is 17.5 Å². The van der Waals surface area contributed by atoms with Crippen LogP contribution in [0.15, 0.2) is 4.79 Å². The first kappa shape index (κ1) is 16.3. The van der Waals surface area contributed by atoms with Crippen LogP contribution in [0.4, 0.5) is 0 Å². The Morgan fingerprint density at radius 3 is 2.43 bits per heavy atom. The fourth-order valence-electron chi connectivity index (χ4n) is 4.04. The van der Waals surface area contributed by atoms with Crippen molar-refractivity contribution in [2.24, 2.45) is 7.05 Å². The minimum absolute atomic E-state index is 0.0244. The van der Waals surface area contributed by atoms with Gasteiger partial charge in [-0.05, 0) is 32.1 Å². The maximum Gasteiger partial charge on any atom is 0.345 e. The van der Waals surface area contributed by atoms with E-state index < -0.39 is 0 Å². The van der Waals surface area contributed by atoms with Crippen molar-refractivity contribution in [3.05, 3.63) is 16.3 Å². The fourth-order valence-corrected chi connectivity index (χ4v) is 4.04. The summed E-state index contributed by atoms with van der Waals surface area (Å²) in [5.74, 6) is 1.52. The van der Waals surface area contributed by atoms with E-state index in [0.717, 1.165) is 51.0 Å². The summed E-state index contributed by atoms with van der Waals surface area (Å²) in [6.07, 6.45) is 7.96. The summed E-state index contributed by atoms with van der Waals surface area (Å²) < 4.78 is 3.45. The molecule has 2 aliphatic rings. The predicted octanol–water partition coefficient (Wildman–Crippen LogP) is 2.20. The first-order chi connectivity index (χ1) is 11.1. The third-order valence-corrected chi connectivity index (χ3v) is 5.35. The molecule has 3 rings (SSSR count). The van der Waals surface area contributed by atoms with E-state index in [4.69, 9.17) is 0 Å². The molecule has 2 fully saturated rings. The van der Waals surface area contributed by atoms with Crippen LogP contribution in [0.1, 0.15) is 76.1 Å². The van der Waals surface area contributed by atoms with Crippen LogP contribution in [0.25, 0.3) is 0 Å². The molecule has 1 aliphatic carbocycles. The lowest BCUT2D eigenvalue weighted by atomic mass is 9.95. The summed E-state index contributed by atoms with van der Waals surface area (Å²) >= 11 is 0. The Morgan fingerprint density at radius 1 is 1.17 bits per heavy atom. The molecule has 1 saturated heterocycles. The largest absolute Gasteiger partial charge is 0.345 e. The molecule has 1 amide bonds. The van der Waals surface area contributed by atoms with Gasteiger partial charge in [-0.2, -0.15) is 5.10 Å². The number of carbonyl (C=O) groups excluding carboxylic acids is 1. The zero-order valence-corrected chi connectivity index (χ0v) is 14.3. The number of likely N-dealkylation sites (tertiary alicyclic amines) is 1. The molecule has 6 nitrogen and oxygen atoms in total. The minimum atomic E-state index is 0.0244. The molecule has 0 aromatic carbocycles. The van der Waals surface area contributed by atoms with Crippen molar-refractivity contribution < 1.29 is 4.79 Å². The third-order valence-electron chi connectivity index (χ3n) is 5.35. The second-order valence-electron chi connectivity index (χ2n) is 6.98. The van der Waals surface area contributed by atoms with E-state index in [2.05, 4.69) is 5.10 Å². The average Bonchev–Trinajstić information content (AvgIpc) is 3.17. The smallest absolute Gasteiger partial charge is 0.343 e. The van der Waals surface area contributed by atoms with Gasteiger partial charge < -0.3 is 4.90 Å². The van der Waals surface area contributed by atoms with Crippen molar-refractivity contribution in [1.82, 2.24) is 19.2 Å². The standard InChI is InChI=1S/C17H28N4O2/c1-3-6-15(22)20-11-9-13(10-12-20)16-18-19(2)17(23)21(16)14-7-4-5-8-14/h13-14H,3-12H2,1-2H3. The third kappa shape index (κ3) is 3.21. The van der Waals surface area contributed by atoms with Gasteiger partial charge in [-0.3, -0.25) is 9.36 Å². The monoisotopic (exact) mass is 320 g/mol. The molecular weight excluding hydrogens is 292 g/mol. The van der Waals surface area contributed by atoms with Crippen molar-refractivity contribution >= 4 is 5.91 Å². The first-order valence-corrected chi connectivity index (χ1v) is 9.05. The van der Waals surface area contributed by atoms with Crippen molar-refractivity contribution in [3.8, 4) is 0 Å². The summed E-state index contributed by atoms with van der Waals surface area (Å²) in [5, 5.41) is 4.55. The number of aromatic nitrogens is 3. The van der Waals surface area contributed by atoms with E-state index in [1.807, 2.05) is 16.4 Å². The SMILES string of the molecule is CCCC(=O)N1CCC(c2nn(C)c(=O)n2C2CCCC2)CC1. The number of rotatable bonds is 4. The highest BCUT2D eigenvalue weighted by Crippen LogP contribution is 2.33. The minimum Gasteiger partial charge on any atom is -0.343 e. The Morgan fingerprint density at radius 2 is 1.83 bits per heavy atom. The van der Waals surface area contributed by atoms with Gasteiger partial charge >= 0.3 is 5.69 Å². The van der Waals surface area contributed by atoms with E-state index in [-0.39, 0.29) is 11.6 Å². The molecule has 23 heavy (non-hydrogen) atoms. The lowest BCUT2D eigenvalue weighted by Crippen LogP contribution is -2.38. The van der Waals surface area contributed by atoms with Gasteiger partial charge in [-0.1, -0.05) is 19.8 Å². The molecule has 6 heteroatoms. The van der Waals surface area contributed by atoms with E-state index >= 15 is 0 Å². The van der Waals surface area contributed by atoms with Gasteiger partial charge in [0.05, 0.1) is 0 Å². The normalized spacial score (nSPS) is 20.3. The van der Waals surface area contributed by atoms with Crippen LogP contribution in [-0.2, 0) is 11.8 Å². The van der Waals surface area contributed by atoms with E-state index in [9.17, 15) is 9.59 Å². The number of carbonyl (C=O) groups is 1. The number of aryl methyl sites for hydroxylation is 1. The number of amides is 1. The van der Waals surface area contributed by atoms with Crippen LogP contribution < -0.4 is 5.69 Å². The topological polar surface area (TPSA) is 60.1 Å². The van der Waals surface area contributed by atoms with E-state index in [0.29, 0.717) is 18.4 Å². The molecule has 2 heterocycles. The van der Waals surface area contributed by atoms with Gasteiger partial charge in [-0.25, -0.2) is 9.48 Å². The molecule has 0 unspecified atom stereocenters. The summed E-state index contributed by atoms with van der Waals surface area (Å²) in [7, 11) is 1.75. The van der Waals surface area contributed by atoms with Gasteiger partial charge in [0.2, 0.25) is 5.91 Å². The van der Waals surface area contributed by atoms with Gasteiger partial charge in [0, 0.05) is 38.5 Å². The van der Waals surface area contributed by atoms with Crippen LogP contribution in [0.3, 0.4) is 0 Å². The Labute approximate surface area is 137 Å². The molecule has 128 valence electrons. The van der Waals surface area contributed by atoms with Crippen LogP contribution in [0.5, 0.6) is 0 Å². The number of nitrogens with zero attached hydrogens (tertiary/aromatic N) is 4. The maximum atomic E-state index is 12.5. The molecule has 0 spiro atoms. The fraction of sp³-hybridized carbons (Fsp3) is 0.824. The zero-order valence-electron chi connectivity index (χ0n) is 14.3. The van der Waals surface area contributed by atoms with Crippen molar-refractivity contribution in [2.75, 3.05) is 13.1 Å². The molecule has 1 saturated carbocycles. The van der Waals surface area contributed by atoms with Crippen LogP contribution in [-0.4, -0.2) is 38.2 Å². The number of piperidine rings is 1. The summed E-state index contributed by atoms with van der Waals surface area (Å²) in [6, 6.07) is 0.325. The quantitative estimate of drug-likeness (QED) is 0.854. The van der Waals surface area contributed by atoms with Gasteiger partial charge in [-0.15, -0.1) is 0 Å². The molecule has 0 radical (unpaired) electrons. The first-order valence-electron chi connectivity index (χ1n) is 9.05. The Bertz CT molecular complexity index is 605. The van der Waals surface area contributed by atoms with Crippen molar-refractivity contribution in [2.45, 2.75) is 70.3 Å². The van der Waals surface area contributed by atoms with Crippen molar-refractivity contribution in [3.63, 3.8) is 0 Å². The second-order valence-corrected chi connectivity index (χ2v) is 6.98. The van der Waals surface area contributed by atoms with Crippen LogP contribution in [0, 0.1) is 0 Å². The summed E-state index contributed by atoms with van der Waals surface area (Å²) in [5.41, 5.74) is 0.0244. The number of hydrogen-bond acceptors (Lipinski definition) is 3. The highest BCUT2D eigenvalue weighted by Gasteiger charge is 2.31. The Kier molecular flexibility index (Phi) is 4.87.